The first-order chi connectivity index (χ1) is 8.49. The maximum Gasteiger partial charge on any atom is 0.248 e. The van der Waals surface area contributed by atoms with E-state index in [0.29, 0.717) is 17.2 Å². The van der Waals surface area contributed by atoms with Crippen LogP contribution in [-0.2, 0) is 0 Å². The van der Waals surface area contributed by atoms with Gasteiger partial charge in [-0.25, -0.2) is 0 Å². The van der Waals surface area contributed by atoms with Gasteiger partial charge >= 0.3 is 0 Å². The smallest absolute Gasteiger partial charge is 0.248 e. The first-order valence-electron chi connectivity index (χ1n) is 6.43. The molecule has 0 radical (unpaired) electrons. The van der Waals surface area contributed by atoms with Crippen LogP contribution in [0.5, 0.6) is 0 Å². The van der Waals surface area contributed by atoms with Crippen molar-refractivity contribution in [1.82, 2.24) is 0 Å². The summed E-state index contributed by atoms with van der Waals surface area (Å²) in [6.45, 7) is 6.60. The molecule has 1 aliphatic rings. The molecule has 0 aromatic heterocycles. The van der Waals surface area contributed by atoms with Crippen LogP contribution in [0.1, 0.15) is 30.6 Å². The summed E-state index contributed by atoms with van der Waals surface area (Å²) >= 11 is 0. The monoisotopic (exact) mass is 247 g/mol. The van der Waals surface area contributed by atoms with Crippen molar-refractivity contribution in [1.29, 1.82) is 0 Å². The fourth-order valence-electron chi connectivity index (χ4n) is 2.48. The van der Waals surface area contributed by atoms with E-state index in [4.69, 9.17) is 11.5 Å². The first kappa shape index (κ1) is 12.7. The molecule has 1 saturated heterocycles. The molecule has 4 nitrogen and oxygen atoms in total. The van der Waals surface area contributed by atoms with E-state index in [1.54, 1.807) is 12.1 Å². The van der Waals surface area contributed by atoms with Crippen molar-refractivity contribution in [3.05, 3.63) is 23.8 Å². The average Bonchev–Trinajstić information content (AvgIpc) is 2.32. The van der Waals surface area contributed by atoms with Crippen LogP contribution in [0.25, 0.3) is 0 Å². The van der Waals surface area contributed by atoms with Gasteiger partial charge in [0.15, 0.2) is 0 Å². The van der Waals surface area contributed by atoms with Crippen molar-refractivity contribution < 1.29 is 4.79 Å². The van der Waals surface area contributed by atoms with Crippen LogP contribution < -0.4 is 16.4 Å². The normalized spacial score (nSPS) is 24.0. The van der Waals surface area contributed by atoms with Gasteiger partial charge in [-0.05, 0) is 36.5 Å². The highest BCUT2D eigenvalue weighted by atomic mass is 16.1. The molecule has 98 valence electrons. The first-order valence-corrected chi connectivity index (χ1v) is 6.43. The highest BCUT2D eigenvalue weighted by molar-refractivity contribution is 5.94. The molecule has 0 spiro atoms. The molecule has 1 fully saturated rings. The number of rotatable bonds is 2. The van der Waals surface area contributed by atoms with E-state index >= 15 is 0 Å². The van der Waals surface area contributed by atoms with Gasteiger partial charge in [0, 0.05) is 18.7 Å². The molecule has 2 unspecified atom stereocenters. The second-order valence-corrected chi connectivity index (χ2v) is 5.33. The van der Waals surface area contributed by atoms with E-state index in [2.05, 4.69) is 18.7 Å². The Kier molecular flexibility index (Phi) is 3.45. The molecule has 1 aliphatic heterocycles. The molecule has 4 N–H and O–H groups in total. The molecule has 0 bridgehead atoms. The van der Waals surface area contributed by atoms with Crippen LogP contribution in [0.15, 0.2) is 18.2 Å². The van der Waals surface area contributed by atoms with E-state index in [1.165, 1.54) is 6.42 Å². The molecular weight excluding hydrogens is 226 g/mol. The van der Waals surface area contributed by atoms with Crippen molar-refractivity contribution in [3.63, 3.8) is 0 Å². The SMILES string of the molecule is CC1CCN(c2ccc(C(N)=O)cc2N)CC1C. The molecule has 2 atom stereocenters. The minimum atomic E-state index is -0.436. The number of piperidine rings is 1. The van der Waals surface area contributed by atoms with E-state index in [-0.39, 0.29) is 0 Å². The lowest BCUT2D eigenvalue weighted by Crippen LogP contribution is -2.38. The maximum atomic E-state index is 11.1. The number of benzene rings is 1. The van der Waals surface area contributed by atoms with Crippen molar-refractivity contribution in [2.45, 2.75) is 20.3 Å². The predicted octanol–water partition coefficient (Wildman–Crippen LogP) is 1.85. The number of nitrogens with zero attached hydrogens (tertiary/aromatic N) is 1. The Morgan fingerprint density at radius 1 is 1.33 bits per heavy atom. The fourth-order valence-corrected chi connectivity index (χ4v) is 2.48. The third-order valence-corrected chi connectivity index (χ3v) is 3.99. The minimum Gasteiger partial charge on any atom is -0.397 e. The predicted molar refractivity (Wildman–Crippen MR) is 74.5 cm³/mol. The zero-order valence-electron chi connectivity index (χ0n) is 11.0. The number of nitrogens with two attached hydrogens (primary N) is 2. The number of carbonyl (C=O) groups is 1. The Balaban J connectivity index is 2.21. The summed E-state index contributed by atoms with van der Waals surface area (Å²) in [7, 11) is 0. The number of hydrogen-bond acceptors (Lipinski definition) is 3. The number of carbonyl (C=O) groups excluding carboxylic acids is 1. The van der Waals surface area contributed by atoms with E-state index in [1.807, 2.05) is 6.07 Å². The van der Waals surface area contributed by atoms with Gasteiger partial charge in [-0.3, -0.25) is 4.79 Å². The lowest BCUT2D eigenvalue weighted by Gasteiger charge is -2.37. The quantitative estimate of drug-likeness (QED) is 0.783. The van der Waals surface area contributed by atoms with Gasteiger partial charge in [-0.15, -0.1) is 0 Å². The fraction of sp³-hybridized carbons (Fsp3) is 0.500. The van der Waals surface area contributed by atoms with Gasteiger partial charge in [0.25, 0.3) is 0 Å². The summed E-state index contributed by atoms with van der Waals surface area (Å²) in [5, 5.41) is 0. The highest BCUT2D eigenvalue weighted by Crippen LogP contribution is 2.31. The van der Waals surface area contributed by atoms with Gasteiger partial charge in [0.05, 0.1) is 11.4 Å². The molecule has 18 heavy (non-hydrogen) atoms. The van der Waals surface area contributed by atoms with Crippen LogP contribution in [0, 0.1) is 11.8 Å². The zero-order chi connectivity index (χ0) is 13.3. The summed E-state index contributed by atoms with van der Waals surface area (Å²) < 4.78 is 0. The van der Waals surface area contributed by atoms with Gasteiger partial charge in [-0.1, -0.05) is 13.8 Å². The second kappa shape index (κ2) is 4.88. The van der Waals surface area contributed by atoms with Gasteiger partial charge in [-0.2, -0.15) is 0 Å². The number of amides is 1. The maximum absolute atomic E-state index is 11.1. The topological polar surface area (TPSA) is 72.3 Å². The molecule has 1 aromatic carbocycles. The average molecular weight is 247 g/mol. The lowest BCUT2D eigenvalue weighted by molar-refractivity contribution is 0.100. The van der Waals surface area contributed by atoms with Crippen molar-refractivity contribution in [3.8, 4) is 0 Å². The molecule has 1 heterocycles. The van der Waals surface area contributed by atoms with Crippen LogP contribution in [0.2, 0.25) is 0 Å². The Hall–Kier alpha value is -1.71. The second-order valence-electron chi connectivity index (χ2n) is 5.33. The van der Waals surface area contributed by atoms with Crippen LogP contribution in [-0.4, -0.2) is 19.0 Å². The van der Waals surface area contributed by atoms with Crippen molar-refractivity contribution in [2.75, 3.05) is 23.7 Å². The third-order valence-electron chi connectivity index (χ3n) is 3.99. The summed E-state index contributed by atoms with van der Waals surface area (Å²) in [5.74, 6) is 0.982. The summed E-state index contributed by atoms with van der Waals surface area (Å²) in [6.07, 6.45) is 1.18. The minimum absolute atomic E-state index is 0.436. The van der Waals surface area contributed by atoms with Crippen LogP contribution >= 0.6 is 0 Å². The molecule has 1 aromatic rings. The van der Waals surface area contributed by atoms with E-state index in [0.717, 1.165) is 24.7 Å². The highest BCUT2D eigenvalue weighted by Gasteiger charge is 2.23. The van der Waals surface area contributed by atoms with E-state index in [9.17, 15) is 4.79 Å². The van der Waals surface area contributed by atoms with Gasteiger partial charge < -0.3 is 16.4 Å². The molecule has 4 heteroatoms. The van der Waals surface area contributed by atoms with Crippen LogP contribution in [0.3, 0.4) is 0 Å². The number of nitrogen functional groups attached to an aromatic ring is 1. The number of primary amides is 1. The molecule has 0 saturated carbocycles. The molecular formula is C14H21N3O. The van der Waals surface area contributed by atoms with Gasteiger partial charge in [0.1, 0.15) is 0 Å². The lowest BCUT2D eigenvalue weighted by atomic mass is 9.88. The summed E-state index contributed by atoms with van der Waals surface area (Å²) in [5.41, 5.74) is 13.4. The zero-order valence-corrected chi connectivity index (χ0v) is 11.0. The van der Waals surface area contributed by atoms with E-state index < -0.39 is 5.91 Å². The van der Waals surface area contributed by atoms with Crippen molar-refractivity contribution >= 4 is 17.3 Å². The Bertz CT molecular complexity index is 458. The number of anilines is 2. The molecule has 1 amide bonds. The molecule has 2 rings (SSSR count). The Labute approximate surface area is 108 Å². The summed E-state index contributed by atoms with van der Waals surface area (Å²) in [4.78, 5) is 13.4. The summed E-state index contributed by atoms with van der Waals surface area (Å²) in [6, 6.07) is 5.31. The third kappa shape index (κ3) is 2.42. The number of hydrogen-bond donors (Lipinski definition) is 2. The van der Waals surface area contributed by atoms with Crippen molar-refractivity contribution in [2.24, 2.45) is 17.6 Å². The largest absolute Gasteiger partial charge is 0.397 e. The Morgan fingerprint density at radius 2 is 2.06 bits per heavy atom. The van der Waals surface area contributed by atoms with Crippen LogP contribution in [0.4, 0.5) is 11.4 Å². The standard InChI is InChI=1S/C14H21N3O/c1-9-5-6-17(8-10(9)2)13-4-3-11(14(16)18)7-12(13)15/h3-4,7,9-10H,5-6,8,15H2,1-2H3,(H2,16,18). The van der Waals surface area contributed by atoms with Gasteiger partial charge in [0.2, 0.25) is 5.91 Å². The molecule has 0 aliphatic carbocycles. The Morgan fingerprint density at radius 3 is 2.61 bits per heavy atom.